The smallest absolute Gasteiger partial charge is 0.350 e. The van der Waals surface area contributed by atoms with Gasteiger partial charge in [-0.15, -0.1) is 5.10 Å². The summed E-state index contributed by atoms with van der Waals surface area (Å²) in [6.07, 6.45) is 1.03. The average molecular weight is 351 g/mol. The highest BCUT2D eigenvalue weighted by Crippen LogP contribution is 2.29. The first-order chi connectivity index (χ1) is 11.8. The summed E-state index contributed by atoms with van der Waals surface area (Å²) in [6.45, 7) is -0.395. The summed E-state index contributed by atoms with van der Waals surface area (Å²) in [5, 5.41) is 28.0. The number of aromatic nitrogens is 2. The number of ether oxygens (including phenoxy) is 2. The van der Waals surface area contributed by atoms with Gasteiger partial charge in [0.05, 0.1) is 30.1 Å². The van der Waals surface area contributed by atoms with Crippen molar-refractivity contribution in [2.24, 2.45) is 0 Å². The van der Waals surface area contributed by atoms with E-state index in [2.05, 4.69) is 10.4 Å². The van der Waals surface area contributed by atoms with E-state index in [0.29, 0.717) is 0 Å². The Balaban J connectivity index is 2.18. The summed E-state index contributed by atoms with van der Waals surface area (Å²) < 4.78 is 10.7. The highest BCUT2D eigenvalue weighted by atomic mass is 16.6. The van der Waals surface area contributed by atoms with Crippen LogP contribution in [-0.4, -0.2) is 39.8 Å². The van der Waals surface area contributed by atoms with E-state index < -0.39 is 28.0 Å². The molecule has 0 spiro atoms. The predicted molar refractivity (Wildman–Crippen MR) is 83.7 cm³/mol. The van der Waals surface area contributed by atoms with Crippen molar-refractivity contribution in [3.05, 3.63) is 44.6 Å². The number of hydrogen-bond donors (Lipinski definition) is 1. The maximum atomic E-state index is 12.1. The molecule has 12 nitrogen and oxygen atoms in total. The topological polar surface area (TPSA) is 152 Å². The summed E-state index contributed by atoms with van der Waals surface area (Å²) in [5.41, 5.74) is -0.785. The third-order valence-corrected chi connectivity index (χ3v) is 3.08. The lowest BCUT2D eigenvalue weighted by Gasteiger charge is -2.07. The van der Waals surface area contributed by atoms with Crippen LogP contribution in [0.4, 0.5) is 17.1 Å². The van der Waals surface area contributed by atoms with Gasteiger partial charge in [-0.3, -0.25) is 29.7 Å². The number of hydrogen-bond acceptors (Lipinski definition) is 8. The number of nitro benzene ring substituents is 1. The highest BCUT2D eigenvalue weighted by molar-refractivity contribution is 5.93. The summed E-state index contributed by atoms with van der Waals surface area (Å²) in [6, 6.07) is 3.93. The van der Waals surface area contributed by atoms with Crippen LogP contribution >= 0.6 is 0 Å². The quantitative estimate of drug-likeness (QED) is 0.579. The minimum atomic E-state index is -0.700. The first-order valence-corrected chi connectivity index (χ1v) is 6.73. The SMILES string of the molecule is COc1ccc(NC(=O)Cn2cc([N+](=O)[O-])c(OC)n2)c([N+](=O)[O-])c1. The number of carbonyl (C=O) groups is 1. The molecule has 0 aliphatic heterocycles. The molecular formula is C13H13N5O7. The van der Waals surface area contributed by atoms with Crippen LogP contribution < -0.4 is 14.8 Å². The molecule has 2 rings (SSSR count). The molecule has 0 aliphatic carbocycles. The van der Waals surface area contributed by atoms with E-state index in [4.69, 9.17) is 9.47 Å². The lowest BCUT2D eigenvalue weighted by atomic mass is 10.2. The molecule has 0 aliphatic rings. The van der Waals surface area contributed by atoms with Gasteiger partial charge in [-0.05, 0) is 12.1 Å². The van der Waals surface area contributed by atoms with Crippen LogP contribution in [0, 0.1) is 20.2 Å². The number of nitro groups is 2. The second-order valence-corrected chi connectivity index (χ2v) is 4.67. The number of methoxy groups -OCH3 is 2. The molecule has 0 bridgehead atoms. The average Bonchev–Trinajstić information content (AvgIpc) is 2.98. The summed E-state index contributed by atoms with van der Waals surface area (Å²) >= 11 is 0. The molecule has 0 saturated heterocycles. The number of benzene rings is 1. The normalized spacial score (nSPS) is 10.2. The van der Waals surface area contributed by atoms with Gasteiger partial charge in [0.25, 0.3) is 5.69 Å². The van der Waals surface area contributed by atoms with Gasteiger partial charge in [-0.1, -0.05) is 0 Å². The minimum absolute atomic E-state index is 0.0376. The van der Waals surface area contributed by atoms with Crippen LogP contribution in [-0.2, 0) is 11.3 Å². The third-order valence-electron chi connectivity index (χ3n) is 3.08. The minimum Gasteiger partial charge on any atom is -0.496 e. The van der Waals surface area contributed by atoms with Crippen LogP contribution in [0.25, 0.3) is 0 Å². The van der Waals surface area contributed by atoms with E-state index >= 15 is 0 Å². The number of nitrogens with zero attached hydrogens (tertiary/aromatic N) is 4. The zero-order valence-electron chi connectivity index (χ0n) is 13.2. The van der Waals surface area contributed by atoms with Gasteiger partial charge >= 0.3 is 11.6 Å². The van der Waals surface area contributed by atoms with Crippen molar-refractivity contribution in [3.63, 3.8) is 0 Å². The second kappa shape index (κ2) is 7.25. The first-order valence-electron chi connectivity index (χ1n) is 6.73. The van der Waals surface area contributed by atoms with Gasteiger partial charge < -0.3 is 14.8 Å². The molecule has 0 fully saturated rings. The van der Waals surface area contributed by atoms with Crippen molar-refractivity contribution in [1.82, 2.24) is 9.78 Å². The number of anilines is 1. The lowest BCUT2D eigenvalue weighted by molar-refractivity contribution is -0.385. The van der Waals surface area contributed by atoms with Gasteiger partial charge in [0, 0.05) is 0 Å². The molecule has 0 atom stereocenters. The molecule has 2 aromatic rings. The number of nitrogens with one attached hydrogen (secondary N) is 1. The Hall–Kier alpha value is -3.70. The zero-order valence-corrected chi connectivity index (χ0v) is 13.2. The van der Waals surface area contributed by atoms with Gasteiger partial charge in [-0.2, -0.15) is 0 Å². The Morgan fingerprint density at radius 3 is 2.40 bits per heavy atom. The molecule has 1 N–H and O–H groups in total. The fraction of sp³-hybridized carbons (Fsp3) is 0.231. The van der Waals surface area contributed by atoms with Crippen molar-refractivity contribution in [2.75, 3.05) is 19.5 Å². The third kappa shape index (κ3) is 3.99. The molecule has 1 aromatic heterocycles. The number of carbonyl (C=O) groups excluding carboxylic acids is 1. The number of amides is 1. The zero-order chi connectivity index (χ0) is 18.6. The Morgan fingerprint density at radius 1 is 1.20 bits per heavy atom. The molecular weight excluding hydrogens is 338 g/mol. The van der Waals surface area contributed by atoms with Gasteiger partial charge in [0.2, 0.25) is 5.91 Å². The molecule has 1 heterocycles. The predicted octanol–water partition coefficient (Wildman–Crippen LogP) is 1.36. The van der Waals surface area contributed by atoms with Crippen molar-refractivity contribution >= 4 is 23.0 Å². The fourth-order valence-electron chi connectivity index (χ4n) is 1.98. The summed E-state index contributed by atoms with van der Waals surface area (Å²) in [7, 11) is 2.57. The Kier molecular flexibility index (Phi) is 5.12. The van der Waals surface area contributed by atoms with Crippen molar-refractivity contribution in [3.8, 4) is 11.6 Å². The number of rotatable bonds is 7. The molecule has 132 valence electrons. The van der Waals surface area contributed by atoms with E-state index in [1.165, 1.54) is 26.4 Å². The van der Waals surface area contributed by atoms with Crippen LogP contribution in [0.1, 0.15) is 0 Å². The first kappa shape index (κ1) is 17.7. The molecule has 0 radical (unpaired) electrons. The molecule has 1 amide bonds. The van der Waals surface area contributed by atoms with Gasteiger partial charge in [0.1, 0.15) is 24.2 Å². The second-order valence-electron chi connectivity index (χ2n) is 4.67. The van der Waals surface area contributed by atoms with E-state index in [9.17, 15) is 25.0 Å². The lowest BCUT2D eigenvalue weighted by Crippen LogP contribution is -2.19. The van der Waals surface area contributed by atoms with Crippen molar-refractivity contribution in [2.45, 2.75) is 6.54 Å². The van der Waals surface area contributed by atoms with E-state index in [-0.39, 0.29) is 23.0 Å². The van der Waals surface area contributed by atoms with E-state index in [1.54, 1.807) is 0 Å². The van der Waals surface area contributed by atoms with E-state index in [0.717, 1.165) is 16.9 Å². The molecule has 1 aromatic carbocycles. The van der Waals surface area contributed by atoms with Crippen molar-refractivity contribution < 1.29 is 24.1 Å². The largest absolute Gasteiger partial charge is 0.496 e. The van der Waals surface area contributed by atoms with E-state index in [1.807, 2.05) is 0 Å². The summed E-state index contributed by atoms with van der Waals surface area (Å²) in [4.78, 5) is 32.6. The Labute approximate surface area is 140 Å². The van der Waals surface area contributed by atoms with Crippen LogP contribution in [0.5, 0.6) is 11.6 Å². The maximum absolute atomic E-state index is 12.1. The Morgan fingerprint density at radius 2 is 1.88 bits per heavy atom. The monoisotopic (exact) mass is 351 g/mol. The van der Waals surface area contributed by atoms with Gasteiger partial charge in [0.15, 0.2) is 0 Å². The molecule has 12 heteroatoms. The van der Waals surface area contributed by atoms with Crippen LogP contribution in [0.3, 0.4) is 0 Å². The Bertz CT molecular complexity index is 832. The molecule has 0 unspecified atom stereocenters. The van der Waals surface area contributed by atoms with Crippen molar-refractivity contribution in [1.29, 1.82) is 0 Å². The van der Waals surface area contributed by atoms with Crippen LogP contribution in [0.2, 0.25) is 0 Å². The highest BCUT2D eigenvalue weighted by Gasteiger charge is 2.22. The molecule has 25 heavy (non-hydrogen) atoms. The summed E-state index contributed by atoms with van der Waals surface area (Å²) in [5.74, 6) is -0.640. The standard InChI is InChI=1S/C13H13N5O7/c1-24-8-3-4-9(10(5-8)17(20)21)14-12(19)7-16-6-11(18(22)23)13(15-16)25-2/h3-6H,7H2,1-2H3,(H,14,19). The molecule has 0 saturated carbocycles. The van der Waals surface area contributed by atoms with Gasteiger partial charge in [-0.25, -0.2) is 0 Å². The maximum Gasteiger partial charge on any atom is 0.350 e. The van der Waals surface area contributed by atoms with Crippen LogP contribution in [0.15, 0.2) is 24.4 Å². The fourth-order valence-corrected chi connectivity index (χ4v) is 1.98.